The Bertz CT molecular complexity index is 773. The molecule has 1 aliphatic rings. The molecule has 0 aliphatic carbocycles. The molecule has 1 amide bonds. The van der Waals surface area contributed by atoms with E-state index in [0.29, 0.717) is 35.9 Å². The molecular weight excluding hydrogens is 353 g/mol. The lowest BCUT2D eigenvalue weighted by atomic mass is 10.2. The third-order valence-electron chi connectivity index (χ3n) is 4.03. The molecule has 1 aliphatic heterocycles. The minimum atomic E-state index is -4.39. The van der Waals surface area contributed by atoms with Crippen LogP contribution in [0.15, 0.2) is 18.3 Å². The summed E-state index contributed by atoms with van der Waals surface area (Å²) in [6, 6.07) is 2.32. The SMILES string of the molecule is Cc1nc(C)c(C(=O)NC2CCN(c3ccc(C(F)(F)F)cn3)C2)s1. The van der Waals surface area contributed by atoms with Gasteiger partial charge in [-0.25, -0.2) is 9.97 Å². The molecule has 2 aromatic heterocycles. The molecule has 0 radical (unpaired) electrons. The number of halogens is 3. The van der Waals surface area contributed by atoms with E-state index < -0.39 is 11.7 Å². The van der Waals surface area contributed by atoms with Gasteiger partial charge in [0.15, 0.2) is 0 Å². The van der Waals surface area contributed by atoms with Crippen molar-refractivity contribution in [2.24, 2.45) is 0 Å². The Morgan fingerprint density at radius 1 is 1.36 bits per heavy atom. The summed E-state index contributed by atoms with van der Waals surface area (Å²) in [5.41, 5.74) is -0.0596. The second-order valence-corrected chi connectivity index (χ2v) is 7.16. The zero-order valence-corrected chi connectivity index (χ0v) is 14.5. The summed E-state index contributed by atoms with van der Waals surface area (Å²) in [7, 11) is 0. The van der Waals surface area contributed by atoms with Gasteiger partial charge in [0.05, 0.1) is 16.3 Å². The maximum atomic E-state index is 12.6. The number of carbonyl (C=O) groups is 1. The summed E-state index contributed by atoms with van der Waals surface area (Å²) in [5.74, 6) is 0.324. The fourth-order valence-electron chi connectivity index (χ4n) is 2.82. The van der Waals surface area contributed by atoms with Gasteiger partial charge in [0.2, 0.25) is 0 Å². The van der Waals surface area contributed by atoms with Crippen LogP contribution in [0.1, 0.15) is 32.4 Å². The standard InChI is InChI=1S/C16H17F3N4OS/c1-9-14(25-10(2)21-9)15(24)22-12-5-6-23(8-12)13-4-3-11(7-20-13)16(17,18)19/h3-4,7,12H,5-6,8H2,1-2H3,(H,22,24). The second kappa shape index (κ2) is 6.62. The van der Waals surface area contributed by atoms with Gasteiger partial charge in [0.25, 0.3) is 5.91 Å². The highest BCUT2D eigenvalue weighted by molar-refractivity contribution is 7.13. The number of hydrogen-bond donors (Lipinski definition) is 1. The largest absolute Gasteiger partial charge is 0.417 e. The Labute approximate surface area is 146 Å². The first-order chi connectivity index (χ1) is 11.7. The van der Waals surface area contributed by atoms with Gasteiger partial charge < -0.3 is 10.2 Å². The van der Waals surface area contributed by atoms with Crippen LogP contribution in [-0.2, 0) is 6.18 Å². The molecule has 1 unspecified atom stereocenters. The molecule has 5 nitrogen and oxygen atoms in total. The Morgan fingerprint density at radius 3 is 2.68 bits per heavy atom. The Kier molecular flexibility index (Phi) is 4.68. The van der Waals surface area contributed by atoms with Crippen LogP contribution < -0.4 is 10.2 Å². The monoisotopic (exact) mass is 370 g/mol. The summed E-state index contributed by atoms with van der Waals surface area (Å²) in [5, 5.41) is 3.80. The molecule has 9 heteroatoms. The lowest BCUT2D eigenvalue weighted by Crippen LogP contribution is -2.37. The lowest BCUT2D eigenvalue weighted by molar-refractivity contribution is -0.137. The van der Waals surface area contributed by atoms with E-state index in [4.69, 9.17) is 0 Å². The molecule has 0 spiro atoms. The zero-order chi connectivity index (χ0) is 18.2. The topological polar surface area (TPSA) is 58.1 Å². The van der Waals surface area contributed by atoms with Crippen molar-refractivity contribution < 1.29 is 18.0 Å². The van der Waals surface area contributed by atoms with Crippen LogP contribution in [0.25, 0.3) is 0 Å². The van der Waals surface area contributed by atoms with Gasteiger partial charge in [-0.15, -0.1) is 11.3 Å². The maximum Gasteiger partial charge on any atom is 0.417 e. The highest BCUT2D eigenvalue weighted by atomic mass is 32.1. The number of anilines is 1. The van der Waals surface area contributed by atoms with Gasteiger partial charge in [-0.2, -0.15) is 13.2 Å². The van der Waals surface area contributed by atoms with Crippen molar-refractivity contribution >= 4 is 23.1 Å². The molecule has 2 aromatic rings. The van der Waals surface area contributed by atoms with Crippen molar-refractivity contribution in [3.8, 4) is 0 Å². The Balaban J connectivity index is 1.62. The van der Waals surface area contributed by atoms with Crippen LogP contribution in [-0.4, -0.2) is 35.0 Å². The number of rotatable bonds is 3. The van der Waals surface area contributed by atoms with Crippen LogP contribution in [0, 0.1) is 13.8 Å². The van der Waals surface area contributed by atoms with Gasteiger partial charge in [-0.05, 0) is 32.4 Å². The van der Waals surface area contributed by atoms with Gasteiger partial charge >= 0.3 is 6.18 Å². The number of hydrogen-bond acceptors (Lipinski definition) is 5. The van der Waals surface area contributed by atoms with Crippen LogP contribution in [0.4, 0.5) is 19.0 Å². The van der Waals surface area contributed by atoms with Crippen LogP contribution in [0.2, 0.25) is 0 Å². The molecule has 1 fully saturated rings. The summed E-state index contributed by atoms with van der Waals surface area (Å²) >= 11 is 1.35. The van der Waals surface area contributed by atoms with Gasteiger partial charge in [-0.3, -0.25) is 4.79 Å². The molecule has 134 valence electrons. The molecule has 3 rings (SSSR count). The van der Waals surface area contributed by atoms with Crippen LogP contribution in [0.5, 0.6) is 0 Å². The summed E-state index contributed by atoms with van der Waals surface area (Å²) < 4.78 is 37.8. The van der Waals surface area contributed by atoms with Crippen molar-refractivity contribution in [3.05, 3.63) is 39.5 Å². The lowest BCUT2D eigenvalue weighted by Gasteiger charge is -2.18. The van der Waals surface area contributed by atoms with Gasteiger partial charge in [0.1, 0.15) is 10.7 Å². The average Bonchev–Trinajstić information content (AvgIpc) is 3.13. The Hall–Kier alpha value is -2.16. The van der Waals surface area contributed by atoms with E-state index in [1.165, 1.54) is 17.4 Å². The van der Waals surface area contributed by atoms with E-state index in [1.807, 2.05) is 11.8 Å². The van der Waals surface area contributed by atoms with E-state index in [-0.39, 0.29) is 11.9 Å². The minimum Gasteiger partial charge on any atom is -0.354 e. The predicted octanol–water partition coefficient (Wildman–Crippen LogP) is 3.18. The molecule has 1 N–H and O–H groups in total. The van der Waals surface area contributed by atoms with Crippen LogP contribution >= 0.6 is 11.3 Å². The highest BCUT2D eigenvalue weighted by Crippen LogP contribution is 2.30. The molecule has 1 atom stereocenters. The van der Waals surface area contributed by atoms with E-state index >= 15 is 0 Å². The van der Waals surface area contributed by atoms with Gasteiger partial charge in [0, 0.05) is 25.3 Å². The Morgan fingerprint density at radius 2 is 2.12 bits per heavy atom. The summed E-state index contributed by atoms with van der Waals surface area (Å²) in [4.78, 5) is 22.9. The van der Waals surface area contributed by atoms with Crippen LogP contribution in [0.3, 0.4) is 0 Å². The number of carbonyl (C=O) groups excluding carboxylic acids is 1. The fourth-order valence-corrected chi connectivity index (χ4v) is 3.64. The first kappa shape index (κ1) is 17.7. The molecule has 0 saturated carbocycles. The van der Waals surface area contributed by atoms with E-state index in [1.54, 1.807) is 6.92 Å². The smallest absolute Gasteiger partial charge is 0.354 e. The number of nitrogens with zero attached hydrogens (tertiary/aromatic N) is 3. The minimum absolute atomic E-state index is 0.0709. The highest BCUT2D eigenvalue weighted by Gasteiger charge is 2.31. The number of nitrogens with one attached hydrogen (secondary N) is 1. The van der Waals surface area contributed by atoms with E-state index in [2.05, 4.69) is 15.3 Å². The van der Waals surface area contributed by atoms with E-state index in [9.17, 15) is 18.0 Å². The third kappa shape index (κ3) is 3.92. The number of alkyl halides is 3. The molecule has 25 heavy (non-hydrogen) atoms. The fraction of sp³-hybridized carbons (Fsp3) is 0.438. The number of aromatic nitrogens is 2. The van der Waals surface area contributed by atoms with E-state index in [0.717, 1.165) is 17.3 Å². The maximum absolute atomic E-state index is 12.6. The van der Waals surface area contributed by atoms with Crippen molar-refractivity contribution in [2.45, 2.75) is 32.5 Å². The first-order valence-corrected chi connectivity index (χ1v) is 8.59. The average molecular weight is 370 g/mol. The molecule has 3 heterocycles. The van der Waals surface area contributed by atoms with Gasteiger partial charge in [-0.1, -0.05) is 0 Å². The quantitative estimate of drug-likeness (QED) is 0.902. The third-order valence-corrected chi connectivity index (χ3v) is 5.10. The molecule has 1 saturated heterocycles. The normalized spacial score (nSPS) is 17.8. The number of thiazole rings is 1. The summed E-state index contributed by atoms with van der Waals surface area (Å²) in [6.07, 6.45) is -2.84. The molecular formula is C16H17F3N4OS. The predicted molar refractivity (Wildman–Crippen MR) is 88.9 cm³/mol. The van der Waals surface area contributed by atoms with Crippen molar-refractivity contribution in [1.82, 2.24) is 15.3 Å². The molecule has 0 aromatic carbocycles. The van der Waals surface area contributed by atoms with Crippen molar-refractivity contribution in [2.75, 3.05) is 18.0 Å². The molecule has 0 bridgehead atoms. The summed E-state index contributed by atoms with van der Waals surface area (Å²) in [6.45, 7) is 4.79. The first-order valence-electron chi connectivity index (χ1n) is 7.77. The number of aryl methyl sites for hydroxylation is 2. The zero-order valence-electron chi connectivity index (χ0n) is 13.7. The van der Waals surface area contributed by atoms with Crippen molar-refractivity contribution in [1.29, 1.82) is 0 Å². The van der Waals surface area contributed by atoms with Crippen molar-refractivity contribution in [3.63, 3.8) is 0 Å². The number of amides is 1. The number of pyridine rings is 1. The second-order valence-electron chi connectivity index (χ2n) is 5.96.